The second-order valence-corrected chi connectivity index (χ2v) is 7.55. The summed E-state index contributed by atoms with van der Waals surface area (Å²) in [6, 6.07) is 12.7. The summed E-state index contributed by atoms with van der Waals surface area (Å²) in [4.78, 5) is 45.8. The Morgan fingerprint density at radius 1 is 1.10 bits per heavy atom. The summed E-state index contributed by atoms with van der Waals surface area (Å²) in [6.07, 6.45) is 1.73. The fourth-order valence-corrected chi connectivity index (χ4v) is 3.41. The van der Waals surface area contributed by atoms with Gasteiger partial charge in [0.25, 0.3) is 11.1 Å². The SMILES string of the molecule is NCC(=O)NC(Cc1ccc(Oc2ccc(C=C3SC(=O)NC3=O)cc2)cc1)C(=O)O. The normalized spacial score (nSPS) is 15.5. The van der Waals surface area contributed by atoms with E-state index in [1.807, 2.05) is 0 Å². The van der Waals surface area contributed by atoms with Crippen LogP contribution in [-0.4, -0.2) is 40.7 Å². The van der Waals surface area contributed by atoms with Gasteiger partial charge in [0.05, 0.1) is 11.4 Å². The summed E-state index contributed by atoms with van der Waals surface area (Å²) in [5.74, 6) is -0.986. The van der Waals surface area contributed by atoms with E-state index in [1.54, 1.807) is 54.6 Å². The smallest absolute Gasteiger partial charge is 0.326 e. The molecule has 0 spiro atoms. The highest BCUT2D eigenvalue weighted by molar-refractivity contribution is 8.18. The summed E-state index contributed by atoms with van der Waals surface area (Å²) in [7, 11) is 0. The van der Waals surface area contributed by atoms with Crippen molar-refractivity contribution in [2.75, 3.05) is 6.54 Å². The molecule has 0 aromatic heterocycles. The molecule has 3 amide bonds. The Labute approximate surface area is 181 Å². The van der Waals surface area contributed by atoms with E-state index in [-0.39, 0.29) is 13.0 Å². The largest absolute Gasteiger partial charge is 0.480 e. The molecule has 1 heterocycles. The third-order valence-corrected chi connectivity index (χ3v) is 5.05. The van der Waals surface area contributed by atoms with Crippen LogP contribution in [0.4, 0.5) is 4.79 Å². The van der Waals surface area contributed by atoms with Crippen LogP contribution >= 0.6 is 11.8 Å². The van der Waals surface area contributed by atoms with Gasteiger partial charge in [0.15, 0.2) is 0 Å². The zero-order valence-electron chi connectivity index (χ0n) is 16.2. The van der Waals surface area contributed by atoms with Crippen LogP contribution in [0.25, 0.3) is 6.08 Å². The van der Waals surface area contributed by atoms with Crippen LogP contribution in [0.1, 0.15) is 11.1 Å². The maximum absolute atomic E-state index is 11.6. The molecule has 0 bridgehead atoms. The number of ether oxygens (including phenoxy) is 1. The number of hydrogen-bond acceptors (Lipinski definition) is 7. The summed E-state index contributed by atoms with van der Waals surface area (Å²) in [5.41, 5.74) is 6.67. The van der Waals surface area contributed by atoms with Crippen molar-refractivity contribution in [3.8, 4) is 11.5 Å². The molecule has 0 aliphatic carbocycles. The van der Waals surface area contributed by atoms with Gasteiger partial charge in [-0.05, 0) is 53.2 Å². The summed E-state index contributed by atoms with van der Waals surface area (Å²) >= 11 is 0.851. The number of amides is 3. The highest BCUT2D eigenvalue weighted by atomic mass is 32.2. The van der Waals surface area contributed by atoms with Crippen molar-refractivity contribution >= 4 is 40.9 Å². The predicted molar refractivity (Wildman–Crippen MR) is 114 cm³/mol. The molecule has 1 fully saturated rings. The van der Waals surface area contributed by atoms with Gasteiger partial charge in [-0.15, -0.1) is 0 Å². The van der Waals surface area contributed by atoms with E-state index in [0.717, 1.165) is 17.3 Å². The molecule has 0 saturated carbocycles. The van der Waals surface area contributed by atoms with E-state index in [0.29, 0.717) is 22.0 Å². The lowest BCUT2D eigenvalue weighted by molar-refractivity contribution is -0.141. The van der Waals surface area contributed by atoms with Crippen molar-refractivity contribution in [2.24, 2.45) is 5.73 Å². The quantitative estimate of drug-likeness (QED) is 0.454. The molecule has 1 aliphatic rings. The zero-order chi connectivity index (χ0) is 22.4. The average molecular weight is 441 g/mol. The number of thioether (sulfide) groups is 1. The van der Waals surface area contributed by atoms with E-state index >= 15 is 0 Å². The van der Waals surface area contributed by atoms with E-state index < -0.39 is 29.1 Å². The first-order chi connectivity index (χ1) is 14.8. The molecule has 160 valence electrons. The number of aliphatic carboxylic acids is 1. The number of rotatable bonds is 8. The topological polar surface area (TPSA) is 148 Å². The Morgan fingerprint density at radius 2 is 1.71 bits per heavy atom. The highest BCUT2D eigenvalue weighted by Crippen LogP contribution is 2.27. The highest BCUT2D eigenvalue weighted by Gasteiger charge is 2.24. The molecule has 1 aliphatic heterocycles. The van der Waals surface area contributed by atoms with Gasteiger partial charge in [0.2, 0.25) is 5.91 Å². The van der Waals surface area contributed by atoms with Crippen LogP contribution in [0.15, 0.2) is 53.4 Å². The Kier molecular flexibility index (Phi) is 7.06. The van der Waals surface area contributed by atoms with Gasteiger partial charge in [0.1, 0.15) is 17.5 Å². The fourth-order valence-electron chi connectivity index (χ4n) is 2.72. The first-order valence-electron chi connectivity index (χ1n) is 9.18. The van der Waals surface area contributed by atoms with Crippen molar-refractivity contribution in [3.05, 3.63) is 64.6 Å². The van der Waals surface area contributed by atoms with Crippen LogP contribution in [-0.2, 0) is 20.8 Å². The van der Waals surface area contributed by atoms with Crippen molar-refractivity contribution in [1.82, 2.24) is 10.6 Å². The van der Waals surface area contributed by atoms with E-state index in [1.165, 1.54) is 0 Å². The summed E-state index contributed by atoms with van der Waals surface area (Å²) in [5, 5.41) is 13.4. The minimum atomic E-state index is -1.14. The van der Waals surface area contributed by atoms with Gasteiger partial charge in [-0.3, -0.25) is 19.7 Å². The van der Waals surface area contributed by atoms with E-state index in [4.69, 9.17) is 10.5 Å². The number of carboxylic acids is 1. The maximum Gasteiger partial charge on any atom is 0.326 e. The third kappa shape index (κ3) is 6.17. The van der Waals surface area contributed by atoms with Crippen LogP contribution < -0.4 is 21.1 Å². The third-order valence-electron chi connectivity index (χ3n) is 4.24. The minimum absolute atomic E-state index is 0.110. The number of nitrogens with two attached hydrogens (primary N) is 1. The van der Waals surface area contributed by atoms with Crippen molar-refractivity contribution in [1.29, 1.82) is 0 Å². The number of benzene rings is 2. The number of carbonyl (C=O) groups excluding carboxylic acids is 3. The molecule has 1 atom stereocenters. The Balaban J connectivity index is 1.61. The van der Waals surface area contributed by atoms with Crippen molar-refractivity contribution in [3.63, 3.8) is 0 Å². The van der Waals surface area contributed by atoms with Gasteiger partial charge >= 0.3 is 5.97 Å². The number of imide groups is 1. The Morgan fingerprint density at radius 3 is 2.23 bits per heavy atom. The Hall–Kier alpha value is -3.63. The first kappa shape index (κ1) is 22.1. The van der Waals surface area contributed by atoms with E-state index in [9.17, 15) is 24.3 Å². The molecule has 10 heteroatoms. The lowest BCUT2D eigenvalue weighted by Gasteiger charge is -2.14. The zero-order valence-corrected chi connectivity index (χ0v) is 17.0. The lowest BCUT2D eigenvalue weighted by Crippen LogP contribution is -2.44. The molecule has 2 aromatic carbocycles. The molecule has 3 rings (SSSR count). The molecule has 0 radical (unpaired) electrons. The number of hydrogen-bond donors (Lipinski definition) is 4. The van der Waals surface area contributed by atoms with Gasteiger partial charge < -0.3 is 20.9 Å². The summed E-state index contributed by atoms with van der Waals surface area (Å²) < 4.78 is 5.77. The standard InChI is InChI=1S/C21H19N3O6S/c22-11-18(25)23-16(20(27)28)9-12-1-5-14(6-2-12)30-15-7-3-13(4-8-15)10-17-19(26)24-21(29)31-17/h1-8,10,16H,9,11,22H2,(H,23,25)(H,27,28)(H,24,26,29). The molecule has 2 aromatic rings. The number of nitrogens with one attached hydrogen (secondary N) is 2. The van der Waals surface area contributed by atoms with Crippen LogP contribution in [0, 0.1) is 0 Å². The molecule has 9 nitrogen and oxygen atoms in total. The number of carboxylic acid groups (broad SMARTS) is 1. The van der Waals surface area contributed by atoms with Gasteiger partial charge in [-0.1, -0.05) is 24.3 Å². The van der Waals surface area contributed by atoms with Crippen LogP contribution in [0.2, 0.25) is 0 Å². The molecular weight excluding hydrogens is 422 g/mol. The second-order valence-electron chi connectivity index (χ2n) is 6.53. The Bertz CT molecular complexity index is 1030. The first-order valence-corrected chi connectivity index (χ1v) is 9.99. The van der Waals surface area contributed by atoms with Gasteiger partial charge in [-0.2, -0.15) is 0 Å². The molecule has 1 unspecified atom stereocenters. The van der Waals surface area contributed by atoms with Crippen molar-refractivity contribution < 1.29 is 29.0 Å². The maximum atomic E-state index is 11.6. The molecule has 1 saturated heterocycles. The molecule has 31 heavy (non-hydrogen) atoms. The second kappa shape index (κ2) is 9.92. The van der Waals surface area contributed by atoms with E-state index in [2.05, 4.69) is 10.6 Å². The van der Waals surface area contributed by atoms with Crippen LogP contribution in [0.3, 0.4) is 0 Å². The molecular formula is C21H19N3O6S. The average Bonchev–Trinajstić information content (AvgIpc) is 3.06. The monoisotopic (exact) mass is 441 g/mol. The molecule has 5 N–H and O–H groups in total. The van der Waals surface area contributed by atoms with Gasteiger partial charge in [-0.25, -0.2) is 4.79 Å². The lowest BCUT2D eigenvalue weighted by atomic mass is 10.1. The van der Waals surface area contributed by atoms with Gasteiger partial charge in [0, 0.05) is 6.42 Å². The van der Waals surface area contributed by atoms with Crippen molar-refractivity contribution in [2.45, 2.75) is 12.5 Å². The van der Waals surface area contributed by atoms with Crippen LogP contribution in [0.5, 0.6) is 11.5 Å². The predicted octanol–water partition coefficient (Wildman–Crippen LogP) is 1.87. The minimum Gasteiger partial charge on any atom is -0.480 e. The fraction of sp³-hybridized carbons (Fsp3) is 0.143. The summed E-state index contributed by atoms with van der Waals surface area (Å²) in [6.45, 7) is -0.281. The number of carbonyl (C=O) groups is 4.